The van der Waals surface area contributed by atoms with Gasteiger partial charge >= 0.3 is 0 Å². The topological polar surface area (TPSA) is 83.3 Å². The third kappa shape index (κ3) is 4.47. The Hall–Kier alpha value is -2.20. The molecule has 0 N–H and O–H groups in total. The van der Waals surface area contributed by atoms with Crippen LogP contribution in [0.25, 0.3) is 0 Å². The summed E-state index contributed by atoms with van der Waals surface area (Å²) in [7, 11) is -3.30. The summed E-state index contributed by atoms with van der Waals surface area (Å²) in [6.45, 7) is 4.92. The van der Waals surface area contributed by atoms with Gasteiger partial charge in [-0.1, -0.05) is 24.3 Å². The minimum absolute atomic E-state index is 0.180. The molecule has 0 amide bonds. The van der Waals surface area contributed by atoms with Crippen LogP contribution in [0.5, 0.6) is 5.75 Å². The molecule has 0 bridgehead atoms. The number of rotatable bonds is 7. The van der Waals surface area contributed by atoms with Gasteiger partial charge in [0.05, 0.1) is 13.2 Å². The largest absolute Gasteiger partial charge is 0.486 e. The Morgan fingerprint density at radius 2 is 1.66 bits per heavy atom. The smallest absolute Gasteiger partial charge is 0.281 e. The van der Waals surface area contributed by atoms with Gasteiger partial charge in [-0.25, -0.2) is 0 Å². The van der Waals surface area contributed by atoms with Crippen LogP contribution in [-0.2, 0) is 29.8 Å². The van der Waals surface area contributed by atoms with E-state index in [1.54, 1.807) is 4.31 Å². The number of nitrogens with zero attached hydrogens (tertiary/aromatic N) is 3. The van der Waals surface area contributed by atoms with Crippen molar-refractivity contribution in [1.82, 2.24) is 13.5 Å². The Kier molecular flexibility index (Phi) is 6.07. The van der Waals surface area contributed by atoms with E-state index in [0.717, 1.165) is 32.4 Å². The van der Waals surface area contributed by atoms with Crippen molar-refractivity contribution in [2.24, 2.45) is 5.92 Å². The molecule has 1 aromatic heterocycles. The highest BCUT2D eigenvalue weighted by atomic mass is 32.2. The highest BCUT2D eigenvalue weighted by Crippen LogP contribution is 2.25. The van der Waals surface area contributed by atoms with Crippen molar-refractivity contribution in [2.45, 2.75) is 38.9 Å². The Morgan fingerprint density at radius 3 is 2.25 bits per heavy atom. The second-order valence-electron chi connectivity index (χ2n) is 8.90. The number of piperidine rings is 1. The molecular weight excluding hydrogens is 430 g/mol. The van der Waals surface area contributed by atoms with Crippen molar-refractivity contribution in [3.8, 4) is 5.75 Å². The van der Waals surface area contributed by atoms with Crippen LogP contribution in [0.3, 0.4) is 0 Å². The summed E-state index contributed by atoms with van der Waals surface area (Å²) in [4.78, 5) is 14.7. The van der Waals surface area contributed by atoms with Gasteiger partial charge in [-0.05, 0) is 36.3 Å². The van der Waals surface area contributed by atoms with E-state index < -0.39 is 10.2 Å². The summed E-state index contributed by atoms with van der Waals surface area (Å²) in [5.41, 5.74) is 2.46. The van der Waals surface area contributed by atoms with Gasteiger partial charge < -0.3 is 9.15 Å². The molecule has 0 unspecified atom stereocenters. The van der Waals surface area contributed by atoms with Crippen LogP contribution in [0.1, 0.15) is 36.1 Å². The molecule has 172 valence electrons. The van der Waals surface area contributed by atoms with Crippen molar-refractivity contribution in [3.05, 3.63) is 63.7 Å². The first-order valence-electron chi connectivity index (χ1n) is 11.3. The maximum atomic E-state index is 12.5. The lowest BCUT2D eigenvalue weighted by Gasteiger charge is -2.38. The minimum Gasteiger partial charge on any atom is -0.486 e. The van der Waals surface area contributed by atoms with E-state index >= 15 is 0 Å². The first kappa shape index (κ1) is 21.6. The van der Waals surface area contributed by atoms with Crippen LogP contribution in [-0.4, -0.2) is 54.7 Å². The number of ether oxygens (including phenoxy) is 1. The molecule has 3 aliphatic rings. The highest BCUT2D eigenvalue weighted by Gasteiger charge is 2.35. The Morgan fingerprint density at radius 1 is 1.00 bits per heavy atom. The summed E-state index contributed by atoms with van der Waals surface area (Å²) >= 11 is 0. The van der Waals surface area contributed by atoms with Gasteiger partial charge in [0, 0.05) is 45.3 Å². The van der Waals surface area contributed by atoms with Gasteiger partial charge in [-0.2, -0.15) is 17.0 Å². The zero-order chi connectivity index (χ0) is 22.1. The van der Waals surface area contributed by atoms with E-state index in [1.165, 1.54) is 27.8 Å². The lowest BCUT2D eigenvalue weighted by Crippen LogP contribution is -2.52. The first-order chi connectivity index (χ1) is 15.5. The Bertz CT molecular complexity index is 1100. The predicted molar refractivity (Wildman–Crippen MR) is 119 cm³/mol. The molecule has 0 spiro atoms. The number of hydrogen-bond acceptors (Lipinski definition) is 6. The molecule has 5 rings (SSSR count). The van der Waals surface area contributed by atoms with Crippen molar-refractivity contribution < 1.29 is 17.6 Å². The maximum absolute atomic E-state index is 12.5. The normalized spacial score (nSPS) is 20.8. The molecule has 1 aromatic carbocycles. The summed E-state index contributed by atoms with van der Waals surface area (Å²) < 4.78 is 39.5. The third-order valence-corrected chi connectivity index (χ3v) is 8.69. The van der Waals surface area contributed by atoms with Crippen LogP contribution in [0.4, 0.5) is 0 Å². The molecule has 2 aromatic rings. The second-order valence-corrected chi connectivity index (χ2v) is 10.8. The van der Waals surface area contributed by atoms with E-state index in [-0.39, 0.29) is 17.1 Å². The van der Waals surface area contributed by atoms with Crippen molar-refractivity contribution in [3.63, 3.8) is 0 Å². The maximum Gasteiger partial charge on any atom is 0.281 e. The van der Waals surface area contributed by atoms with E-state index in [2.05, 4.69) is 17.0 Å². The summed E-state index contributed by atoms with van der Waals surface area (Å²) in [5.74, 6) is 1.06. The molecule has 0 aliphatic carbocycles. The van der Waals surface area contributed by atoms with Crippen molar-refractivity contribution in [2.75, 3.05) is 32.8 Å². The van der Waals surface area contributed by atoms with Crippen molar-refractivity contribution >= 4 is 10.2 Å². The molecule has 3 aliphatic heterocycles. The molecule has 4 heterocycles. The molecule has 8 nitrogen and oxygen atoms in total. The zero-order valence-corrected chi connectivity index (χ0v) is 18.9. The molecule has 2 fully saturated rings. The van der Waals surface area contributed by atoms with Crippen LogP contribution in [0, 0.1) is 5.92 Å². The third-order valence-electron chi connectivity index (χ3n) is 6.65. The lowest BCUT2D eigenvalue weighted by molar-refractivity contribution is 0.171. The second kappa shape index (κ2) is 8.97. The lowest BCUT2D eigenvalue weighted by atomic mass is 9.99. The molecule has 0 saturated carbocycles. The standard InChI is InChI=1S/C23H29N3O5S/c27-22-12-21(15-24-13-19-4-1-2-5-20(19)14-24)30-17-23(22)31-16-18-6-10-26(11-7-18)32(28,29)25-8-3-9-25/h1-2,4-5,12,17-18H,3,6-11,13-16H2. The highest BCUT2D eigenvalue weighted by molar-refractivity contribution is 7.86. The van der Waals surface area contributed by atoms with Gasteiger partial charge in [0.2, 0.25) is 11.2 Å². The number of hydrogen-bond donors (Lipinski definition) is 0. The van der Waals surface area contributed by atoms with E-state index in [1.807, 2.05) is 12.1 Å². The molecule has 2 saturated heterocycles. The average molecular weight is 460 g/mol. The SMILES string of the molecule is O=c1cc(CN2Cc3ccccc3C2)occ1OCC1CCN(S(=O)(=O)N2CCC2)CC1. The Balaban J connectivity index is 1.11. The summed E-state index contributed by atoms with van der Waals surface area (Å²) in [6.07, 6.45) is 3.80. The summed E-state index contributed by atoms with van der Waals surface area (Å²) in [6, 6.07) is 9.87. The quantitative estimate of drug-likeness (QED) is 0.631. The van der Waals surface area contributed by atoms with Gasteiger partial charge in [0.25, 0.3) is 10.2 Å². The van der Waals surface area contributed by atoms with Crippen LogP contribution in [0.2, 0.25) is 0 Å². The molecule has 32 heavy (non-hydrogen) atoms. The van der Waals surface area contributed by atoms with Gasteiger partial charge in [-0.3, -0.25) is 9.69 Å². The van der Waals surface area contributed by atoms with Gasteiger partial charge in [0.1, 0.15) is 12.0 Å². The van der Waals surface area contributed by atoms with E-state index in [9.17, 15) is 13.2 Å². The van der Waals surface area contributed by atoms with E-state index in [0.29, 0.717) is 45.1 Å². The van der Waals surface area contributed by atoms with Gasteiger partial charge in [0.15, 0.2) is 0 Å². The fraction of sp³-hybridized carbons (Fsp3) is 0.522. The monoisotopic (exact) mass is 459 g/mol. The zero-order valence-electron chi connectivity index (χ0n) is 18.1. The first-order valence-corrected chi connectivity index (χ1v) is 12.7. The molecular formula is C23H29N3O5S. The van der Waals surface area contributed by atoms with Crippen molar-refractivity contribution in [1.29, 1.82) is 0 Å². The molecule has 0 radical (unpaired) electrons. The van der Waals surface area contributed by atoms with E-state index in [4.69, 9.17) is 9.15 Å². The predicted octanol–water partition coefficient (Wildman–Crippen LogP) is 2.20. The minimum atomic E-state index is -3.30. The molecule has 0 atom stereocenters. The van der Waals surface area contributed by atoms with Crippen LogP contribution < -0.4 is 10.2 Å². The van der Waals surface area contributed by atoms with Crippen LogP contribution >= 0.6 is 0 Å². The average Bonchev–Trinajstić information content (AvgIpc) is 3.14. The summed E-state index contributed by atoms with van der Waals surface area (Å²) in [5, 5.41) is 0. The van der Waals surface area contributed by atoms with Gasteiger partial charge in [-0.15, -0.1) is 0 Å². The fourth-order valence-corrected chi connectivity index (χ4v) is 6.28. The number of benzene rings is 1. The number of fused-ring (bicyclic) bond motifs is 1. The fourth-order valence-electron chi connectivity index (χ4n) is 4.56. The Labute approximate surface area is 188 Å². The van der Waals surface area contributed by atoms with Crippen LogP contribution in [0.15, 0.2) is 45.8 Å². The molecule has 9 heteroatoms.